The molecule has 0 aromatic carbocycles. The van der Waals surface area contributed by atoms with E-state index in [1.165, 1.54) is 77.2 Å². The van der Waals surface area contributed by atoms with Crippen molar-refractivity contribution in [1.29, 1.82) is 0 Å². The summed E-state index contributed by atoms with van der Waals surface area (Å²) in [6.07, 6.45) is 14.7. The average Bonchev–Trinajstić information content (AvgIpc) is 2.40. The Balaban J connectivity index is 1.66. The standard InChI is InChI=1S/C16H31NO/c1-2-3-4-8-12-17-15-9-13-18-16(14-15)10-6-5-7-11-16/h15,17H,2-14H2,1H3. The molecule has 2 aliphatic rings. The van der Waals surface area contributed by atoms with Gasteiger partial charge in [0.1, 0.15) is 0 Å². The van der Waals surface area contributed by atoms with Crippen molar-refractivity contribution in [1.82, 2.24) is 5.32 Å². The molecule has 0 amide bonds. The molecule has 1 N–H and O–H groups in total. The molecule has 0 aromatic rings. The number of rotatable bonds is 6. The Morgan fingerprint density at radius 1 is 1.11 bits per heavy atom. The van der Waals surface area contributed by atoms with Gasteiger partial charge in [-0.2, -0.15) is 0 Å². The van der Waals surface area contributed by atoms with E-state index in [0.717, 1.165) is 12.6 Å². The number of hydrogen-bond acceptors (Lipinski definition) is 2. The molecule has 2 nitrogen and oxygen atoms in total. The summed E-state index contributed by atoms with van der Waals surface area (Å²) >= 11 is 0. The van der Waals surface area contributed by atoms with Crippen LogP contribution in [0.15, 0.2) is 0 Å². The molecule has 1 atom stereocenters. The van der Waals surface area contributed by atoms with Crippen LogP contribution < -0.4 is 5.32 Å². The first-order chi connectivity index (χ1) is 8.85. The molecular formula is C16H31NO. The van der Waals surface area contributed by atoms with Gasteiger partial charge in [-0.3, -0.25) is 0 Å². The van der Waals surface area contributed by atoms with E-state index in [1.807, 2.05) is 0 Å². The summed E-state index contributed by atoms with van der Waals surface area (Å²) in [5.74, 6) is 0. The van der Waals surface area contributed by atoms with E-state index in [4.69, 9.17) is 4.74 Å². The Hall–Kier alpha value is -0.0800. The number of hydrogen-bond donors (Lipinski definition) is 1. The van der Waals surface area contributed by atoms with E-state index < -0.39 is 0 Å². The summed E-state index contributed by atoms with van der Waals surface area (Å²) in [7, 11) is 0. The molecule has 106 valence electrons. The van der Waals surface area contributed by atoms with Crippen LogP contribution in [-0.2, 0) is 4.74 Å². The Morgan fingerprint density at radius 2 is 1.94 bits per heavy atom. The molecular weight excluding hydrogens is 222 g/mol. The van der Waals surface area contributed by atoms with Gasteiger partial charge in [-0.25, -0.2) is 0 Å². The third-order valence-electron chi connectivity index (χ3n) is 4.72. The van der Waals surface area contributed by atoms with Gasteiger partial charge in [-0.1, -0.05) is 45.4 Å². The lowest BCUT2D eigenvalue weighted by Crippen LogP contribution is -2.48. The molecule has 1 saturated carbocycles. The van der Waals surface area contributed by atoms with Crippen LogP contribution in [-0.4, -0.2) is 24.8 Å². The highest BCUT2D eigenvalue weighted by molar-refractivity contribution is 4.91. The predicted molar refractivity (Wildman–Crippen MR) is 76.9 cm³/mol. The van der Waals surface area contributed by atoms with Crippen LogP contribution in [0.2, 0.25) is 0 Å². The Labute approximate surface area is 113 Å². The number of nitrogens with one attached hydrogen (secondary N) is 1. The molecule has 1 unspecified atom stereocenters. The van der Waals surface area contributed by atoms with Crippen LogP contribution in [0.4, 0.5) is 0 Å². The second kappa shape index (κ2) is 7.49. The first kappa shape index (κ1) is 14.3. The molecule has 1 aliphatic carbocycles. The molecule has 1 heterocycles. The minimum atomic E-state index is 0.261. The maximum atomic E-state index is 6.14. The maximum absolute atomic E-state index is 6.14. The van der Waals surface area contributed by atoms with Crippen molar-refractivity contribution in [3.05, 3.63) is 0 Å². The van der Waals surface area contributed by atoms with Crippen molar-refractivity contribution in [2.75, 3.05) is 13.2 Å². The highest BCUT2D eigenvalue weighted by Crippen LogP contribution is 2.38. The zero-order chi connectivity index (χ0) is 12.7. The fourth-order valence-corrected chi connectivity index (χ4v) is 3.60. The lowest BCUT2D eigenvalue weighted by molar-refractivity contribution is -0.109. The Morgan fingerprint density at radius 3 is 2.72 bits per heavy atom. The van der Waals surface area contributed by atoms with Gasteiger partial charge < -0.3 is 10.1 Å². The van der Waals surface area contributed by atoms with Gasteiger partial charge >= 0.3 is 0 Å². The SMILES string of the molecule is CCCCCCNC1CCOC2(CCCCC2)C1. The Bertz CT molecular complexity index is 218. The fraction of sp³-hybridized carbons (Fsp3) is 1.00. The molecule has 0 aromatic heterocycles. The second-order valence-electron chi connectivity index (χ2n) is 6.30. The van der Waals surface area contributed by atoms with Crippen molar-refractivity contribution in [2.45, 2.75) is 89.2 Å². The van der Waals surface area contributed by atoms with Gasteiger partial charge in [-0.15, -0.1) is 0 Å². The third kappa shape index (κ3) is 4.24. The summed E-state index contributed by atoms with van der Waals surface area (Å²) in [6.45, 7) is 4.46. The van der Waals surface area contributed by atoms with E-state index >= 15 is 0 Å². The van der Waals surface area contributed by atoms with Gasteiger partial charge in [0.2, 0.25) is 0 Å². The van der Waals surface area contributed by atoms with Crippen LogP contribution in [0.1, 0.15) is 77.6 Å². The summed E-state index contributed by atoms with van der Waals surface area (Å²) in [4.78, 5) is 0. The quantitative estimate of drug-likeness (QED) is 0.721. The van der Waals surface area contributed by atoms with E-state index in [-0.39, 0.29) is 5.60 Å². The van der Waals surface area contributed by atoms with Crippen molar-refractivity contribution >= 4 is 0 Å². The van der Waals surface area contributed by atoms with Gasteiger partial charge in [0.05, 0.1) is 5.60 Å². The Kier molecular flexibility index (Phi) is 5.97. The number of ether oxygens (including phenoxy) is 1. The monoisotopic (exact) mass is 253 g/mol. The first-order valence-electron chi connectivity index (χ1n) is 8.22. The molecule has 1 saturated heterocycles. The van der Waals surface area contributed by atoms with Crippen LogP contribution in [0.25, 0.3) is 0 Å². The molecule has 0 radical (unpaired) electrons. The van der Waals surface area contributed by atoms with Gasteiger partial charge in [0, 0.05) is 12.6 Å². The topological polar surface area (TPSA) is 21.3 Å². The van der Waals surface area contributed by atoms with E-state index in [1.54, 1.807) is 0 Å². The zero-order valence-corrected chi connectivity index (χ0v) is 12.2. The van der Waals surface area contributed by atoms with Crippen molar-refractivity contribution in [3.63, 3.8) is 0 Å². The molecule has 0 bridgehead atoms. The smallest absolute Gasteiger partial charge is 0.0697 e. The summed E-state index contributed by atoms with van der Waals surface area (Å²) in [5, 5.41) is 3.77. The first-order valence-corrected chi connectivity index (χ1v) is 8.22. The summed E-state index contributed by atoms with van der Waals surface area (Å²) in [6, 6.07) is 0.721. The van der Waals surface area contributed by atoms with Crippen molar-refractivity contribution in [2.24, 2.45) is 0 Å². The van der Waals surface area contributed by atoms with Gasteiger partial charge in [0.15, 0.2) is 0 Å². The highest BCUT2D eigenvalue weighted by Gasteiger charge is 2.38. The van der Waals surface area contributed by atoms with Crippen molar-refractivity contribution < 1.29 is 4.74 Å². The normalized spacial score (nSPS) is 27.5. The van der Waals surface area contributed by atoms with E-state index in [0.29, 0.717) is 0 Å². The number of unbranched alkanes of at least 4 members (excludes halogenated alkanes) is 3. The lowest BCUT2D eigenvalue weighted by Gasteiger charge is -2.43. The van der Waals surface area contributed by atoms with Gasteiger partial charge in [-0.05, 0) is 38.6 Å². The van der Waals surface area contributed by atoms with Gasteiger partial charge in [0.25, 0.3) is 0 Å². The fourth-order valence-electron chi connectivity index (χ4n) is 3.60. The highest BCUT2D eigenvalue weighted by atomic mass is 16.5. The minimum absolute atomic E-state index is 0.261. The van der Waals surface area contributed by atoms with E-state index in [2.05, 4.69) is 12.2 Å². The average molecular weight is 253 g/mol. The largest absolute Gasteiger partial charge is 0.375 e. The third-order valence-corrected chi connectivity index (χ3v) is 4.72. The molecule has 18 heavy (non-hydrogen) atoms. The van der Waals surface area contributed by atoms with Crippen LogP contribution in [0.3, 0.4) is 0 Å². The molecule has 2 rings (SSSR count). The molecule has 2 heteroatoms. The lowest BCUT2D eigenvalue weighted by atomic mass is 9.78. The summed E-state index contributed by atoms with van der Waals surface area (Å²) in [5.41, 5.74) is 0.261. The minimum Gasteiger partial charge on any atom is -0.375 e. The zero-order valence-electron chi connectivity index (χ0n) is 12.2. The predicted octanol–water partition coefficient (Wildman–Crippen LogP) is 4.04. The molecule has 1 aliphatic heterocycles. The van der Waals surface area contributed by atoms with Crippen molar-refractivity contribution in [3.8, 4) is 0 Å². The molecule has 2 fully saturated rings. The van der Waals surface area contributed by atoms with E-state index in [9.17, 15) is 0 Å². The summed E-state index contributed by atoms with van der Waals surface area (Å²) < 4.78 is 6.14. The maximum Gasteiger partial charge on any atom is 0.0697 e. The van der Waals surface area contributed by atoms with Crippen LogP contribution in [0.5, 0.6) is 0 Å². The van der Waals surface area contributed by atoms with Crippen LogP contribution >= 0.6 is 0 Å². The molecule has 1 spiro atoms. The second-order valence-corrected chi connectivity index (χ2v) is 6.30. The van der Waals surface area contributed by atoms with Crippen LogP contribution in [0, 0.1) is 0 Å².